The minimum absolute atomic E-state index is 0.00794. The molecule has 3 aliphatic rings. The van der Waals surface area contributed by atoms with E-state index in [0.29, 0.717) is 49.2 Å². The third kappa shape index (κ3) is 12.0. The fourth-order valence-electron chi connectivity index (χ4n) is 6.92. The Labute approximate surface area is 389 Å². The molecule has 3 aromatic carbocycles. The number of fused-ring (bicyclic) bond motifs is 2. The molecule has 0 saturated carbocycles. The third-order valence-corrected chi connectivity index (χ3v) is 12.4. The molecule has 0 amide bonds. The van der Waals surface area contributed by atoms with Crippen LogP contribution in [0.25, 0.3) is 27.8 Å². The monoisotopic (exact) mass is 972 g/mol. The van der Waals surface area contributed by atoms with Crippen molar-refractivity contribution in [3.8, 4) is 28.0 Å². The van der Waals surface area contributed by atoms with Crippen LogP contribution in [-0.4, -0.2) is 49.5 Å². The van der Waals surface area contributed by atoms with Crippen molar-refractivity contribution < 1.29 is 14.6 Å². The van der Waals surface area contributed by atoms with Crippen molar-refractivity contribution in [2.24, 2.45) is 0 Å². The summed E-state index contributed by atoms with van der Waals surface area (Å²) in [6.45, 7) is 11.0. The smallest absolute Gasteiger partial charge is 0.341 e. The number of esters is 1. The number of aromatic hydroxyl groups is 1. The van der Waals surface area contributed by atoms with Crippen LogP contribution >= 0.6 is 81.2 Å². The van der Waals surface area contributed by atoms with Crippen LogP contribution in [0.1, 0.15) is 62.1 Å². The van der Waals surface area contributed by atoms with Gasteiger partial charge >= 0.3 is 5.97 Å². The maximum absolute atomic E-state index is 12.5. The Morgan fingerprint density at radius 1 is 0.639 bits per heavy atom. The molecule has 328 valence electrons. The lowest BCUT2D eigenvalue weighted by molar-refractivity contribution is -0.136. The number of phenols is 1. The van der Waals surface area contributed by atoms with Crippen LogP contribution in [0.15, 0.2) is 68.7 Å². The second kappa shape index (κ2) is 22.8. The highest BCUT2D eigenvalue weighted by molar-refractivity contribution is 6.61. The number of ether oxygens (including phenoxy) is 1. The van der Waals surface area contributed by atoms with Gasteiger partial charge in [-0.25, -0.2) is 14.2 Å². The summed E-state index contributed by atoms with van der Waals surface area (Å²) in [4.78, 5) is 36.5. The molecule has 0 spiro atoms. The standard InChI is InChI=1S/C14H14Cl2N2O.C13H12Cl2N2O2.C12H11Cl3O2.C4H10N2/c1-9-8-10(4-5-11(9)15)12-13(16)17-6-2-3-7-18(17)14(12)19;14-9-4-3-8(7-10(9)18)11-12(15)16-5-1-2-6-17(16)13(11)19;1-3-17-12(16)10(11(14)15)8-4-5-9(13)7(2)6-8;1-2-4-6-5-3-1/h4-5,8H,2-3,6-7H2,1H3;3-4,7,18H,1-2,5-6H2;4-6H,3H2,1-2H3;5-6H,1-4H2. The van der Waals surface area contributed by atoms with Gasteiger partial charge in [0, 0.05) is 49.3 Å². The second-order valence-electron chi connectivity index (χ2n) is 14.4. The molecule has 0 atom stereocenters. The minimum Gasteiger partial charge on any atom is -0.506 e. The summed E-state index contributed by atoms with van der Waals surface area (Å²) < 4.78 is 11.9. The highest BCUT2D eigenvalue weighted by atomic mass is 35.5. The Hall–Kier alpha value is -3.36. The first-order valence-corrected chi connectivity index (χ1v) is 22.5. The molecule has 3 aliphatic heterocycles. The number of aryl methyl sites for hydroxylation is 2. The van der Waals surface area contributed by atoms with Crippen molar-refractivity contribution in [1.29, 1.82) is 0 Å². The highest BCUT2D eigenvalue weighted by Gasteiger charge is 2.24. The van der Waals surface area contributed by atoms with Gasteiger partial charge in [-0.15, -0.1) is 0 Å². The van der Waals surface area contributed by atoms with E-state index in [1.54, 1.807) is 51.3 Å². The number of rotatable bonds is 5. The molecule has 1 fully saturated rings. The summed E-state index contributed by atoms with van der Waals surface area (Å²) in [5.74, 6) is -0.599. The predicted octanol–water partition coefficient (Wildman–Crippen LogP) is 11.1. The molecule has 5 heterocycles. The van der Waals surface area contributed by atoms with Crippen LogP contribution in [0.3, 0.4) is 0 Å². The number of hydrazine groups is 1. The van der Waals surface area contributed by atoms with Gasteiger partial charge in [0.15, 0.2) is 0 Å². The average molecular weight is 976 g/mol. The predicted molar refractivity (Wildman–Crippen MR) is 250 cm³/mol. The van der Waals surface area contributed by atoms with E-state index in [1.165, 1.54) is 18.9 Å². The number of hydrogen-bond acceptors (Lipinski definition) is 7. The maximum Gasteiger partial charge on any atom is 0.341 e. The van der Waals surface area contributed by atoms with Gasteiger partial charge < -0.3 is 9.84 Å². The van der Waals surface area contributed by atoms with Crippen LogP contribution in [0.4, 0.5) is 0 Å². The summed E-state index contributed by atoms with van der Waals surface area (Å²) in [6, 6.07) is 15.4. The molecule has 11 nitrogen and oxygen atoms in total. The lowest BCUT2D eigenvalue weighted by Gasteiger charge is -2.17. The first-order chi connectivity index (χ1) is 29.2. The van der Waals surface area contributed by atoms with E-state index in [1.807, 2.05) is 36.7 Å². The van der Waals surface area contributed by atoms with Crippen LogP contribution in [0.5, 0.6) is 5.75 Å². The first kappa shape index (κ1) is 48.7. The molecular weight excluding hydrogens is 929 g/mol. The topological polar surface area (TPSA) is 124 Å². The van der Waals surface area contributed by atoms with E-state index < -0.39 is 5.97 Å². The molecule has 8 rings (SSSR count). The fourth-order valence-corrected chi connectivity index (χ4v) is 8.37. The summed E-state index contributed by atoms with van der Waals surface area (Å²) in [5, 5.41) is 12.2. The van der Waals surface area contributed by atoms with E-state index in [-0.39, 0.29) is 38.6 Å². The maximum atomic E-state index is 12.5. The summed E-state index contributed by atoms with van der Waals surface area (Å²) >= 11 is 41.8. The number of carbonyl (C=O) groups excluding carboxylic acids is 1. The van der Waals surface area contributed by atoms with E-state index in [4.69, 9.17) is 85.9 Å². The van der Waals surface area contributed by atoms with Crippen molar-refractivity contribution in [3.63, 3.8) is 0 Å². The zero-order valence-corrected chi connectivity index (χ0v) is 39.2. The Balaban J connectivity index is 0.000000162. The van der Waals surface area contributed by atoms with Crippen molar-refractivity contribution in [2.75, 3.05) is 19.7 Å². The van der Waals surface area contributed by atoms with Gasteiger partial charge in [-0.3, -0.25) is 29.8 Å². The van der Waals surface area contributed by atoms with Gasteiger partial charge in [-0.05, 0) is 124 Å². The largest absolute Gasteiger partial charge is 0.506 e. The Morgan fingerprint density at radius 3 is 1.48 bits per heavy atom. The molecule has 1 saturated heterocycles. The van der Waals surface area contributed by atoms with Gasteiger partial charge in [0.05, 0.1) is 28.3 Å². The molecule has 0 unspecified atom stereocenters. The Bertz CT molecular complexity index is 2370. The lowest BCUT2D eigenvalue weighted by Crippen LogP contribution is -2.37. The number of aromatic nitrogens is 4. The average Bonchev–Trinajstić information content (AvgIpc) is 3.66. The Morgan fingerprint density at radius 2 is 1.08 bits per heavy atom. The summed E-state index contributed by atoms with van der Waals surface area (Å²) in [7, 11) is 0. The third-order valence-electron chi connectivity index (χ3n) is 10.1. The van der Waals surface area contributed by atoms with Gasteiger partial charge in [-0.1, -0.05) is 99.4 Å². The zero-order valence-electron chi connectivity index (χ0n) is 33.9. The molecule has 0 radical (unpaired) electrons. The first-order valence-electron chi connectivity index (χ1n) is 19.8. The molecular formula is C43H47Cl7N6O5. The SMILES string of the molecule is C1CCNNC1.CCOC(=O)C(=C(Cl)Cl)c1ccc(Cl)c(C)c1.Cc1cc(-c2c(Cl)n3n(c2=O)CCCC3)ccc1Cl.O=c1c(-c2ccc(Cl)c(O)c2)c(Cl)n2n1CCCC2. The van der Waals surface area contributed by atoms with Crippen molar-refractivity contribution in [3.05, 3.63) is 122 Å². The molecule has 18 heteroatoms. The number of halogens is 7. The number of phenolic OH excluding ortho intramolecular Hbond substituents is 1. The molecule has 0 bridgehead atoms. The van der Waals surface area contributed by atoms with Gasteiger partial charge in [0.1, 0.15) is 20.5 Å². The van der Waals surface area contributed by atoms with E-state index in [2.05, 4.69) is 10.9 Å². The van der Waals surface area contributed by atoms with Gasteiger partial charge in [0.25, 0.3) is 11.1 Å². The molecule has 5 aromatic rings. The second-order valence-corrected chi connectivity index (χ2v) is 17.2. The Kier molecular flexibility index (Phi) is 18.2. The summed E-state index contributed by atoms with van der Waals surface area (Å²) in [6.07, 6.45) is 6.73. The van der Waals surface area contributed by atoms with E-state index >= 15 is 0 Å². The molecule has 0 aliphatic carbocycles. The van der Waals surface area contributed by atoms with Crippen LogP contribution in [0, 0.1) is 13.8 Å². The number of nitrogens with zero attached hydrogens (tertiary/aromatic N) is 4. The normalized spacial score (nSPS) is 14.1. The zero-order chi connectivity index (χ0) is 44.4. The minimum atomic E-state index is -0.547. The quantitative estimate of drug-likeness (QED) is 0.118. The van der Waals surface area contributed by atoms with E-state index in [9.17, 15) is 19.5 Å². The number of hydrogen-bond donors (Lipinski definition) is 3. The van der Waals surface area contributed by atoms with E-state index in [0.717, 1.165) is 75.1 Å². The van der Waals surface area contributed by atoms with Crippen molar-refractivity contribution in [1.82, 2.24) is 29.6 Å². The van der Waals surface area contributed by atoms with Crippen LogP contribution in [-0.2, 0) is 35.7 Å². The number of carbonyl (C=O) groups is 1. The fraction of sp³-hybridized carbons (Fsp3) is 0.372. The summed E-state index contributed by atoms with van der Waals surface area (Å²) in [5.41, 5.74) is 10.9. The van der Waals surface area contributed by atoms with Gasteiger partial charge in [0.2, 0.25) is 0 Å². The van der Waals surface area contributed by atoms with Crippen molar-refractivity contribution >= 4 is 92.7 Å². The van der Waals surface area contributed by atoms with Gasteiger partial charge in [-0.2, -0.15) is 0 Å². The molecule has 3 N–H and O–H groups in total. The van der Waals surface area contributed by atoms with Crippen LogP contribution in [0.2, 0.25) is 25.4 Å². The van der Waals surface area contributed by atoms with Crippen molar-refractivity contribution in [2.45, 2.75) is 85.5 Å². The highest BCUT2D eigenvalue weighted by Crippen LogP contribution is 2.34. The lowest BCUT2D eigenvalue weighted by atomic mass is 10.1. The molecule has 2 aromatic heterocycles. The number of benzene rings is 3. The van der Waals surface area contributed by atoms with Crippen LogP contribution < -0.4 is 22.0 Å². The molecule has 61 heavy (non-hydrogen) atoms. The number of nitrogens with one attached hydrogen (secondary N) is 2.